The second-order valence-corrected chi connectivity index (χ2v) is 5.78. The van der Waals surface area contributed by atoms with Gasteiger partial charge in [0.15, 0.2) is 0 Å². The number of rotatable bonds is 4. The van der Waals surface area contributed by atoms with Crippen LogP contribution in [-0.2, 0) is 0 Å². The van der Waals surface area contributed by atoms with E-state index in [0.717, 1.165) is 35.4 Å². The quantitative estimate of drug-likeness (QED) is 0.817. The van der Waals surface area contributed by atoms with Crippen LogP contribution in [0.5, 0.6) is 5.75 Å². The number of hydrogen-bond donors (Lipinski definition) is 1. The second kappa shape index (κ2) is 6.22. The highest BCUT2D eigenvalue weighted by Crippen LogP contribution is 2.34. The van der Waals surface area contributed by atoms with Gasteiger partial charge >= 0.3 is 0 Å². The van der Waals surface area contributed by atoms with Crippen molar-refractivity contribution in [2.24, 2.45) is 0 Å². The maximum Gasteiger partial charge on any atom is 0.125 e. The van der Waals surface area contributed by atoms with E-state index >= 15 is 0 Å². The first-order valence-corrected chi connectivity index (χ1v) is 7.60. The smallest absolute Gasteiger partial charge is 0.125 e. The maximum absolute atomic E-state index is 5.80. The Labute approximate surface area is 122 Å². The molecule has 0 aromatic heterocycles. The SMILES string of the molecule is C#CC1(Nc2cc(C)c(OCC)c(C)c2)CCCCC1. The molecule has 20 heavy (non-hydrogen) atoms. The van der Waals surface area contributed by atoms with E-state index in [1.165, 1.54) is 19.3 Å². The molecule has 0 unspecified atom stereocenters. The molecule has 108 valence electrons. The van der Waals surface area contributed by atoms with Gasteiger partial charge in [0, 0.05) is 5.69 Å². The third-order valence-electron chi connectivity index (χ3n) is 4.12. The van der Waals surface area contributed by atoms with Crippen LogP contribution in [0.3, 0.4) is 0 Å². The summed E-state index contributed by atoms with van der Waals surface area (Å²) in [6, 6.07) is 4.29. The van der Waals surface area contributed by atoms with Crippen molar-refractivity contribution in [2.75, 3.05) is 11.9 Å². The van der Waals surface area contributed by atoms with E-state index < -0.39 is 0 Å². The summed E-state index contributed by atoms with van der Waals surface area (Å²) in [5, 5.41) is 3.60. The highest BCUT2D eigenvalue weighted by Gasteiger charge is 2.29. The fourth-order valence-electron chi connectivity index (χ4n) is 3.13. The van der Waals surface area contributed by atoms with Crippen molar-refractivity contribution >= 4 is 5.69 Å². The lowest BCUT2D eigenvalue weighted by molar-refractivity contribution is 0.335. The highest BCUT2D eigenvalue weighted by atomic mass is 16.5. The van der Waals surface area contributed by atoms with Crippen LogP contribution in [0.1, 0.15) is 50.2 Å². The van der Waals surface area contributed by atoms with Crippen LogP contribution < -0.4 is 10.1 Å². The van der Waals surface area contributed by atoms with Gasteiger partial charge < -0.3 is 10.1 Å². The summed E-state index contributed by atoms with van der Waals surface area (Å²) in [6.45, 7) is 6.89. The molecule has 1 saturated carbocycles. The average molecular weight is 271 g/mol. The van der Waals surface area contributed by atoms with Crippen LogP contribution in [0.2, 0.25) is 0 Å². The lowest BCUT2D eigenvalue weighted by Gasteiger charge is -2.34. The second-order valence-electron chi connectivity index (χ2n) is 5.78. The van der Waals surface area contributed by atoms with E-state index in [4.69, 9.17) is 11.2 Å². The number of hydrogen-bond acceptors (Lipinski definition) is 2. The number of benzene rings is 1. The molecular formula is C18H25NO. The van der Waals surface area contributed by atoms with Gasteiger partial charge in [-0.1, -0.05) is 25.2 Å². The summed E-state index contributed by atoms with van der Waals surface area (Å²) in [7, 11) is 0. The first kappa shape index (κ1) is 14.8. The monoisotopic (exact) mass is 271 g/mol. The minimum absolute atomic E-state index is 0.162. The largest absolute Gasteiger partial charge is 0.493 e. The Morgan fingerprint density at radius 3 is 2.30 bits per heavy atom. The fourth-order valence-corrected chi connectivity index (χ4v) is 3.13. The molecule has 0 radical (unpaired) electrons. The fraction of sp³-hybridized carbons (Fsp3) is 0.556. The molecule has 0 bridgehead atoms. The van der Waals surface area contributed by atoms with E-state index in [0.29, 0.717) is 6.61 Å². The minimum atomic E-state index is -0.162. The first-order chi connectivity index (χ1) is 9.60. The molecule has 1 fully saturated rings. The summed E-state index contributed by atoms with van der Waals surface area (Å²) in [5.41, 5.74) is 3.28. The van der Waals surface area contributed by atoms with Crippen LogP contribution in [0.4, 0.5) is 5.69 Å². The van der Waals surface area contributed by atoms with Crippen molar-refractivity contribution in [2.45, 2.75) is 58.4 Å². The molecule has 2 heteroatoms. The molecule has 0 heterocycles. The van der Waals surface area contributed by atoms with Crippen molar-refractivity contribution in [3.8, 4) is 18.1 Å². The van der Waals surface area contributed by atoms with Gasteiger partial charge in [-0.05, 0) is 56.9 Å². The van der Waals surface area contributed by atoms with Gasteiger partial charge in [0.05, 0.1) is 12.1 Å². The van der Waals surface area contributed by atoms with E-state index in [1.54, 1.807) is 0 Å². The number of aryl methyl sites for hydroxylation is 2. The summed E-state index contributed by atoms with van der Waals surface area (Å²) >= 11 is 0. The Bertz CT molecular complexity index is 484. The molecule has 2 rings (SSSR count). The van der Waals surface area contributed by atoms with Crippen LogP contribution in [-0.4, -0.2) is 12.1 Å². The zero-order valence-corrected chi connectivity index (χ0v) is 12.9. The van der Waals surface area contributed by atoms with Gasteiger partial charge in [0.25, 0.3) is 0 Å². The average Bonchev–Trinajstić information content (AvgIpc) is 2.44. The van der Waals surface area contributed by atoms with Crippen LogP contribution in [0, 0.1) is 26.2 Å². The third-order valence-corrected chi connectivity index (χ3v) is 4.12. The van der Waals surface area contributed by atoms with E-state index in [1.807, 2.05) is 6.92 Å². The molecule has 1 aliphatic carbocycles. The van der Waals surface area contributed by atoms with Crippen LogP contribution in [0.25, 0.3) is 0 Å². The predicted molar refractivity (Wildman–Crippen MR) is 85.4 cm³/mol. The molecule has 2 nitrogen and oxygen atoms in total. The zero-order chi connectivity index (χ0) is 14.6. The molecule has 1 aliphatic rings. The van der Waals surface area contributed by atoms with Crippen LogP contribution in [0.15, 0.2) is 12.1 Å². The molecule has 1 aromatic rings. The molecule has 0 aliphatic heterocycles. The van der Waals surface area contributed by atoms with Crippen molar-refractivity contribution in [1.82, 2.24) is 0 Å². The lowest BCUT2D eigenvalue weighted by atomic mass is 9.82. The summed E-state index contributed by atoms with van der Waals surface area (Å²) < 4.78 is 5.70. The predicted octanol–water partition coefficient (Wildman–Crippen LogP) is 4.45. The highest BCUT2D eigenvalue weighted by molar-refractivity contribution is 5.57. The van der Waals surface area contributed by atoms with Gasteiger partial charge in [0.2, 0.25) is 0 Å². The summed E-state index contributed by atoms with van der Waals surface area (Å²) in [6.07, 6.45) is 11.7. The van der Waals surface area contributed by atoms with Crippen molar-refractivity contribution < 1.29 is 4.74 Å². The number of terminal acetylenes is 1. The summed E-state index contributed by atoms with van der Waals surface area (Å²) in [4.78, 5) is 0. The maximum atomic E-state index is 5.80. The Morgan fingerprint density at radius 1 is 1.20 bits per heavy atom. The Morgan fingerprint density at radius 2 is 1.80 bits per heavy atom. The van der Waals surface area contributed by atoms with Crippen molar-refractivity contribution in [3.63, 3.8) is 0 Å². The molecule has 0 saturated heterocycles. The van der Waals surface area contributed by atoms with E-state index in [2.05, 4.69) is 37.2 Å². The molecule has 0 atom stereocenters. The normalized spacial score (nSPS) is 17.3. The zero-order valence-electron chi connectivity index (χ0n) is 12.9. The third kappa shape index (κ3) is 3.10. The topological polar surface area (TPSA) is 21.3 Å². The first-order valence-electron chi connectivity index (χ1n) is 7.60. The van der Waals surface area contributed by atoms with Gasteiger partial charge in [-0.3, -0.25) is 0 Å². The van der Waals surface area contributed by atoms with Gasteiger partial charge in [-0.2, -0.15) is 0 Å². The number of ether oxygens (including phenoxy) is 1. The molecule has 1 aromatic carbocycles. The van der Waals surface area contributed by atoms with Crippen LogP contribution >= 0.6 is 0 Å². The minimum Gasteiger partial charge on any atom is -0.493 e. The Balaban J connectivity index is 2.23. The molecule has 0 amide bonds. The van der Waals surface area contributed by atoms with Gasteiger partial charge in [-0.25, -0.2) is 0 Å². The number of anilines is 1. The van der Waals surface area contributed by atoms with E-state index in [9.17, 15) is 0 Å². The Kier molecular flexibility index (Phi) is 4.60. The van der Waals surface area contributed by atoms with Crippen molar-refractivity contribution in [3.05, 3.63) is 23.3 Å². The lowest BCUT2D eigenvalue weighted by Crippen LogP contribution is -2.38. The standard InChI is InChI=1S/C18H25NO/c1-5-18(10-8-7-9-11-18)19-16-12-14(3)17(20-6-2)15(4)13-16/h1,12-13,19H,6-11H2,2-4H3. The summed E-state index contributed by atoms with van der Waals surface area (Å²) in [5.74, 6) is 4.00. The molecule has 0 spiro atoms. The number of nitrogens with one attached hydrogen (secondary N) is 1. The van der Waals surface area contributed by atoms with Crippen molar-refractivity contribution in [1.29, 1.82) is 0 Å². The van der Waals surface area contributed by atoms with Gasteiger partial charge in [-0.15, -0.1) is 6.42 Å². The Hall–Kier alpha value is -1.62. The van der Waals surface area contributed by atoms with Gasteiger partial charge in [0.1, 0.15) is 5.75 Å². The molecular weight excluding hydrogens is 246 g/mol. The van der Waals surface area contributed by atoms with E-state index in [-0.39, 0.29) is 5.54 Å². The molecule has 1 N–H and O–H groups in total.